The molecule has 0 bridgehead atoms. The van der Waals surface area contributed by atoms with Crippen molar-refractivity contribution in [2.75, 3.05) is 0 Å². The third-order valence-corrected chi connectivity index (χ3v) is 14.2. The average molecular weight is 809 g/mol. The molecule has 4 atom stereocenters. The highest BCUT2D eigenvalue weighted by atomic mass is 16.3. The molecule has 59 heavy (non-hydrogen) atoms. The van der Waals surface area contributed by atoms with Crippen LogP contribution < -0.4 is 0 Å². The molecule has 328 valence electrons. The Hall–Kier alpha value is -3.24. The smallest absolute Gasteiger partial charge is 0.123 e. The summed E-state index contributed by atoms with van der Waals surface area (Å²) in [6.07, 6.45) is 1.77. The fraction of sp³-hybridized carbons (Fsp3) is 0.636. The Morgan fingerprint density at radius 2 is 0.712 bits per heavy atom. The summed E-state index contributed by atoms with van der Waals surface area (Å²) in [6, 6.07) is 13.1. The van der Waals surface area contributed by atoms with E-state index in [0.717, 1.165) is 50.1 Å². The van der Waals surface area contributed by atoms with Crippen LogP contribution in [-0.2, 0) is 51.8 Å². The number of aromatic hydroxyl groups is 3. The number of hydrogen-bond donors (Lipinski definition) is 4. The first kappa shape index (κ1) is 48.4. The van der Waals surface area contributed by atoms with Crippen LogP contribution >= 0.6 is 0 Å². The number of phenolic OH excluding ortho intramolecular Hbond substituents is 3. The van der Waals surface area contributed by atoms with E-state index in [1.54, 1.807) is 0 Å². The Kier molecular flexibility index (Phi) is 12.5. The Balaban J connectivity index is 2.08. The summed E-state index contributed by atoms with van der Waals surface area (Å²) < 4.78 is 0. The number of phenols is 3. The molecular weight excluding hydrogens is 725 g/mol. The van der Waals surface area contributed by atoms with Crippen LogP contribution in [0.3, 0.4) is 0 Å². The Labute approximate surface area is 361 Å². The summed E-state index contributed by atoms with van der Waals surface area (Å²) in [6.45, 7) is 47.9. The molecule has 0 heterocycles. The topological polar surface area (TPSA) is 80.9 Å². The SMILES string of the molecule is CC1=C(Cc2cc(C(C)(C)C)c(O)c(C(C)(C)C)c2)C(C)C(C)(Cc2cc(C(C)(C)C)c(O)c(C(C)(C)C)c2)C(C)C1(O)Cc1cc(C(C)(C)C)c(O)c(C(C)(C)C)c1. The Morgan fingerprint density at radius 3 is 0.983 bits per heavy atom. The molecule has 0 amide bonds. The quantitative estimate of drug-likeness (QED) is 0.187. The van der Waals surface area contributed by atoms with E-state index < -0.39 is 11.0 Å². The van der Waals surface area contributed by atoms with Gasteiger partial charge in [0.1, 0.15) is 17.2 Å². The number of rotatable bonds is 6. The van der Waals surface area contributed by atoms with Crippen molar-refractivity contribution >= 4 is 0 Å². The highest BCUT2D eigenvalue weighted by Crippen LogP contribution is 2.57. The normalized spacial score (nSPS) is 22.6. The van der Waals surface area contributed by atoms with Crippen LogP contribution in [-0.4, -0.2) is 26.0 Å². The summed E-state index contributed by atoms with van der Waals surface area (Å²) in [5, 5.41) is 48.8. The molecular formula is C55H84O4. The fourth-order valence-corrected chi connectivity index (χ4v) is 9.91. The number of hydrogen-bond acceptors (Lipinski definition) is 4. The van der Waals surface area contributed by atoms with E-state index in [1.807, 2.05) is 0 Å². The zero-order valence-electron chi connectivity index (χ0n) is 41.5. The minimum atomic E-state index is -1.22. The lowest BCUT2D eigenvalue weighted by atomic mass is 9.51. The van der Waals surface area contributed by atoms with Crippen LogP contribution in [0.15, 0.2) is 47.5 Å². The standard InChI is InChI=1S/C55H84O4/c1-32-38(23-35-24-39(48(4,5)6)45(56)40(25-35)49(7,8)9)33(2)55(59,31-37-28-43(52(16,17)18)47(58)44(29-37)53(19,20)21)34(3)54(32,22)30-36-26-41(50(10,11)12)46(57)42(27-36)51(13,14)15/h24-29,32,34,56-59H,23,30-31H2,1-22H3. The number of allylic oxidation sites excluding steroid dienone is 1. The highest BCUT2D eigenvalue weighted by Gasteiger charge is 2.54. The van der Waals surface area contributed by atoms with Gasteiger partial charge >= 0.3 is 0 Å². The van der Waals surface area contributed by atoms with E-state index in [4.69, 9.17) is 0 Å². The van der Waals surface area contributed by atoms with Crippen LogP contribution in [0.4, 0.5) is 0 Å². The van der Waals surface area contributed by atoms with Crippen LogP contribution in [0, 0.1) is 17.3 Å². The maximum absolute atomic E-state index is 13.7. The van der Waals surface area contributed by atoms with E-state index >= 15 is 0 Å². The second-order valence-corrected chi connectivity index (χ2v) is 25.2. The van der Waals surface area contributed by atoms with Gasteiger partial charge in [-0.3, -0.25) is 0 Å². The first-order chi connectivity index (χ1) is 26.3. The minimum absolute atomic E-state index is 0.0859. The second-order valence-electron chi connectivity index (χ2n) is 25.2. The predicted molar refractivity (Wildman–Crippen MR) is 252 cm³/mol. The molecule has 4 rings (SSSR count). The molecule has 0 saturated heterocycles. The van der Waals surface area contributed by atoms with Crippen molar-refractivity contribution in [3.8, 4) is 17.2 Å². The molecule has 0 saturated carbocycles. The minimum Gasteiger partial charge on any atom is -0.507 e. The molecule has 4 N–H and O–H groups in total. The van der Waals surface area contributed by atoms with Crippen molar-refractivity contribution in [3.05, 3.63) is 97.6 Å². The van der Waals surface area contributed by atoms with Gasteiger partial charge in [0.25, 0.3) is 0 Å². The van der Waals surface area contributed by atoms with Crippen molar-refractivity contribution in [2.24, 2.45) is 17.3 Å². The Bertz CT molecular complexity index is 1980. The van der Waals surface area contributed by atoms with Crippen LogP contribution in [0.25, 0.3) is 0 Å². The highest BCUT2D eigenvalue weighted by molar-refractivity contribution is 5.54. The van der Waals surface area contributed by atoms with E-state index in [9.17, 15) is 20.4 Å². The maximum atomic E-state index is 13.7. The molecule has 3 aromatic carbocycles. The van der Waals surface area contributed by atoms with Gasteiger partial charge in [-0.25, -0.2) is 0 Å². The summed E-state index contributed by atoms with van der Waals surface area (Å²) >= 11 is 0. The third kappa shape index (κ3) is 9.49. The molecule has 3 aromatic rings. The van der Waals surface area contributed by atoms with Gasteiger partial charge in [0.2, 0.25) is 0 Å². The van der Waals surface area contributed by atoms with Gasteiger partial charge in [0.15, 0.2) is 0 Å². The summed E-state index contributed by atoms with van der Waals surface area (Å²) in [4.78, 5) is 0. The lowest BCUT2D eigenvalue weighted by Gasteiger charge is -2.55. The molecule has 0 aromatic heterocycles. The number of aliphatic hydroxyl groups is 1. The molecule has 1 aliphatic carbocycles. The lowest BCUT2D eigenvalue weighted by molar-refractivity contribution is -0.0660. The first-order valence-electron chi connectivity index (χ1n) is 22.3. The van der Waals surface area contributed by atoms with Gasteiger partial charge in [-0.15, -0.1) is 0 Å². The lowest BCUT2D eigenvalue weighted by Crippen LogP contribution is -2.55. The molecule has 4 unspecified atom stereocenters. The summed E-state index contributed by atoms with van der Waals surface area (Å²) in [5.74, 6) is 1.02. The van der Waals surface area contributed by atoms with Crippen LogP contribution in [0.2, 0.25) is 0 Å². The molecule has 0 aliphatic heterocycles. The maximum Gasteiger partial charge on any atom is 0.123 e. The number of benzene rings is 3. The second kappa shape index (κ2) is 15.3. The third-order valence-electron chi connectivity index (χ3n) is 14.2. The Morgan fingerprint density at radius 1 is 0.458 bits per heavy atom. The van der Waals surface area contributed by atoms with E-state index in [-0.39, 0.29) is 44.3 Å². The van der Waals surface area contributed by atoms with Gasteiger partial charge in [-0.1, -0.05) is 187 Å². The van der Waals surface area contributed by atoms with Crippen LogP contribution in [0.5, 0.6) is 17.2 Å². The molecule has 4 heteroatoms. The zero-order chi connectivity index (χ0) is 45.6. The van der Waals surface area contributed by atoms with Crippen LogP contribution in [0.1, 0.15) is 202 Å². The van der Waals surface area contributed by atoms with E-state index in [0.29, 0.717) is 36.5 Å². The van der Waals surface area contributed by atoms with Gasteiger partial charge < -0.3 is 20.4 Å². The van der Waals surface area contributed by atoms with E-state index in [2.05, 4.69) is 189 Å². The average Bonchev–Trinajstić information content (AvgIpc) is 3.04. The molecule has 1 aliphatic rings. The largest absolute Gasteiger partial charge is 0.507 e. The van der Waals surface area contributed by atoms with E-state index in [1.165, 1.54) is 11.1 Å². The molecule has 0 fully saturated rings. The molecule has 4 nitrogen and oxygen atoms in total. The van der Waals surface area contributed by atoms with Crippen molar-refractivity contribution < 1.29 is 20.4 Å². The van der Waals surface area contributed by atoms with Gasteiger partial charge in [-0.2, -0.15) is 0 Å². The zero-order valence-corrected chi connectivity index (χ0v) is 41.5. The predicted octanol–water partition coefficient (Wildman–Crippen LogP) is 14.0. The van der Waals surface area contributed by atoms with Crippen molar-refractivity contribution in [1.82, 2.24) is 0 Å². The van der Waals surface area contributed by atoms with Crippen molar-refractivity contribution in [3.63, 3.8) is 0 Å². The molecule has 0 spiro atoms. The van der Waals surface area contributed by atoms with Crippen molar-refractivity contribution in [1.29, 1.82) is 0 Å². The fourth-order valence-electron chi connectivity index (χ4n) is 9.91. The van der Waals surface area contributed by atoms with Gasteiger partial charge in [0.05, 0.1) is 5.60 Å². The first-order valence-corrected chi connectivity index (χ1v) is 22.3. The van der Waals surface area contributed by atoms with Crippen molar-refractivity contribution in [2.45, 2.75) is 210 Å². The summed E-state index contributed by atoms with van der Waals surface area (Å²) in [5.41, 5.74) is 7.84. The summed E-state index contributed by atoms with van der Waals surface area (Å²) in [7, 11) is 0. The van der Waals surface area contributed by atoms with Gasteiger partial charge in [0, 0.05) is 6.42 Å². The monoisotopic (exact) mass is 809 g/mol. The molecule has 0 radical (unpaired) electrons. The van der Waals surface area contributed by atoms with Gasteiger partial charge in [-0.05, 0) is 125 Å².